The van der Waals surface area contributed by atoms with Gasteiger partial charge in [0.2, 0.25) is 0 Å². The van der Waals surface area contributed by atoms with Gasteiger partial charge < -0.3 is 5.73 Å². The lowest BCUT2D eigenvalue weighted by Crippen LogP contribution is -2.25. The largest absolute Gasteiger partial charge is 0.325 e. The third-order valence-corrected chi connectivity index (χ3v) is 4.04. The molecule has 16 heavy (non-hydrogen) atoms. The lowest BCUT2D eigenvalue weighted by molar-refractivity contribution is 0.327. The van der Waals surface area contributed by atoms with Gasteiger partial charge in [-0.3, -0.25) is 4.68 Å². The van der Waals surface area contributed by atoms with Crippen molar-refractivity contribution in [3.63, 3.8) is 0 Å². The number of hydrogen-bond acceptors (Lipinski definition) is 2. The quantitative estimate of drug-likeness (QED) is 0.848. The molecule has 3 rings (SSSR count). The number of nitrogens with zero attached hydrogens (tertiary/aromatic N) is 2. The van der Waals surface area contributed by atoms with Gasteiger partial charge >= 0.3 is 0 Å². The predicted molar refractivity (Wildman–Crippen MR) is 64.2 cm³/mol. The first-order chi connectivity index (χ1) is 7.75. The van der Waals surface area contributed by atoms with Crippen molar-refractivity contribution < 1.29 is 0 Å². The van der Waals surface area contributed by atoms with E-state index >= 15 is 0 Å². The molecule has 0 atom stereocenters. The van der Waals surface area contributed by atoms with Crippen LogP contribution in [0.5, 0.6) is 0 Å². The van der Waals surface area contributed by atoms with Gasteiger partial charge in [-0.05, 0) is 31.7 Å². The molecule has 2 N–H and O–H groups in total. The molecule has 1 heterocycles. The molecule has 0 aliphatic heterocycles. The lowest BCUT2D eigenvalue weighted by atomic mass is 9.96. The average molecular weight is 219 g/mol. The fourth-order valence-corrected chi connectivity index (χ4v) is 2.72. The molecule has 2 fully saturated rings. The van der Waals surface area contributed by atoms with Crippen LogP contribution in [0.3, 0.4) is 0 Å². The molecule has 3 nitrogen and oxygen atoms in total. The van der Waals surface area contributed by atoms with Gasteiger partial charge in [0, 0.05) is 18.2 Å². The van der Waals surface area contributed by atoms with Crippen LogP contribution in [0.25, 0.3) is 0 Å². The van der Waals surface area contributed by atoms with Gasteiger partial charge in [-0.1, -0.05) is 19.3 Å². The summed E-state index contributed by atoms with van der Waals surface area (Å²) in [5, 5.41) is 4.70. The van der Waals surface area contributed by atoms with Crippen molar-refractivity contribution >= 4 is 0 Å². The molecule has 0 saturated heterocycles. The molecular weight excluding hydrogens is 198 g/mol. The van der Waals surface area contributed by atoms with Crippen molar-refractivity contribution in [3.8, 4) is 0 Å². The number of hydrogen-bond donors (Lipinski definition) is 1. The first-order valence-corrected chi connectivity index (χ1v) is 6.58. The molecule has 2 aliphatic carbocycles. The van der Waals surface area contributed by atoms with Crippen LogP contribution in [0.15, 0.2) is 12.3 Å². The minimum Gasteiger partial charge on any atom is -0.325 e. The zero-order valence-corrected chi connectivity index (χ0v) is 9.86. The Morgan fingerprint density at radius 3 is 2.75 bits per heavy atom. The summed E-state index contributed by atoms with van der Waals surface area (Å²) in [4.78, 5) is 0. The molecule has 0 bridgehead atoms. The molecule has 0 radical (unpaired) electrons. The standard InChI is InChI=1S/C13H21N3/c14-13(7-8-13)10-11-6-9-16(15-11)12-4-2-1-3-5-12/h6,9,12H,1-5,7-8,10,14H2. The molecule has 88 valence electrons. The highest BCUT2D eigenvalue weighted by Crippen LogP contribution is 2.35. The third-order valence-electron chi connectivity index (χ3n) is 4.04. The second-order valence-corrected chi connectivity index (χ2v) is 5.62. The minimum atomic E-state index is 0.0890. The Labute approximate surface area is 97.0 Å². The molecule has 0 amide bonds. The second kappa shape index (κ2) is 3.88. The summed E-state index contributed by atoms with van der Waals surface area (Å²) < 4.78 is 2.18. The van der Waals surface area contributed by atoms with Crippen LogP contribution in [0.2, 0.25) is 0 Å². The van der Waals surface area contributed by atoms with E-state index in [1.165, 1.54) is 50.6 Å². The first-order valence-electron chi connectivity index (χ1n) is 6.58. The van der Waals surface area contributed by atoms with E-state index in [0.29, 0.717) is 6.04 Å². The van der Waals surface area contributed by atoms with Gasteiger partial charge in [0.1, 0.15) is 0 Å². The summed E-state index contributed by atoms with van der Waals surface area (Å²) in [5.74, 6) is 0. The zero-order chi connectivity index (χ0) is 11.0. The fraction of sp³-hybridized carbons (Fsp3) is 0.769. The zero-order valence-electron chi connectivity index (χ0n) is 9.86. The highest BCUT2D eigenvalue weighted by atomic mass is 15.3. The van der Waals surface area contributed by atoms with Crippen LogP contribution < -0.4 is 5.73 Å². The maximum absolute atomic E-state index is 6.12. The van der Waals surface area contributed by atoms with E-state index in [-0.39, 0.29) is 5.54 Å². The third kappa shape index (κ3) is 2.14. The van der Waals surface area contributed by atoms with Crippen molar-refractivity contribution in [2.24, 2.45) is 5.73 Å². The number of aromatic nitrogens is 2. The highest BCUT2D eigenvalue weighted by Gasteiger charge is 2.38. The smallest absolute Gasteiger partial charge is 0.0643 e. The van der Waals surface area contributed by atoms with Crippen molar-refractivity contribution in [2.75, 3.05) is 0 Å². The van der Waals surface area contributed by atoms with Gasteiger partial charge in [0.25, 0.3) is 0 Å². The van der Waals surface area contributed by atoms with Crippen LogP contribution >= 0.6 is 0 Å². The Kier molecular flexibility index (Phi) is 2.51. The maximum Gasteiger partial charge on any atom is 0.0643 e. The summed E-state index contributed by atoms with van der Waals surface area (Å²) in [6.07, 6.45) is 12.2. The molecule has 1 aromatic rings. The number of rotatable bonds is 3. The predicted octanol–water partition coefficient (Wildman–Crippen LogP) is 2.42. The summed E-state index contributed by atoms with van der Waals surface area (Å²) in [7, 11) is 0. The van der Waals surface area contributed by atoms with Gasteiger partial charge in [0.05, 0.1) is 11.7 Å². The van der Waals surface area contributed by atoms with E-state index < -0.39 is 0 Å². The Hall–Kier alpha value is -0.830. The monoisotopic (exact) mass is 219 g/mol. The SMILES string of the molecule is NC1(Cc2ccn(C3CCCCC3)n2)CC1. The summed E-state index contributed by atoms with van der Waals surface area (Å²) >= 11 is 0. The molecular formula is C13H21N3. The van der Waals surface area contributed by atoms with Crippen LogP contribution in [-0.2, 0) is 6.42 Å². The van der Waals surface area contributed by atoms with E-state index in [1.54, 1.807) is 0 Å². The van der Waals surface area contributed by atoms with E-state index in [1.807, 2.05) is 0 Å². The normalized spacial score (nSPS) is 24.6. The molecule has 2 saturated carbocycles. The molecule has 1 aromatic heterocycles. The molecule has 0 spiro atoms. The first kappa shape index (κ1) is 10.3. The fourth-order valence-electron chi connectivity index (χ4n) is 2.72. The van der Waals surface area contributed by atoms with Crippen LogP contribution in [0.4, 0.5) is 0 Å². The lowest BCUT2D eigenvalue weighted by Gasteiger charge is -2.21. The van der Waals surface area contributed by atoms with Gasteiger partial charge in [-0.2, -0.15) is 5.10 Å². The van der Waals surface area contributed by atoms with Crippen LogP contribution in [-0.4, -0.2) is 15.3 Å². The van der Waals surface area contributed by atoms with Gasteiger partial charge in [-0.25, -0.2) is 0 Å². The van der Waals surface area contributed by atoms with Crippen molar-refractivity contribution in [3.05, 3.63) is 18.0 Å². The minimum absolute atomic E-state index is 0.0890. The Balaban J connectivity index is 1.66. The average Bonchev–Trinajstić information content (AvgIpc) is 2.86. The molecule has 0 aromatic carbocycles. The summed E-state index contributed by atoms with van der Waals surface area (Å²) in [5.41, 5.74) is 7.39. The summed E-state index contributed by atoms with van der Waals surface area (Å²) in [6, 6.07) is 2.80. The Morgan fingerprint density at radius 1 is 1.31 bits per heavy atom. The molecule has 2 aliphatic rings. The summed E-state index contributed by atoms with van der Waals surface area (Å²) in [6.45, 7) is 0. The molecule has 0 unspecified atom stereocenters. The van der Waals surface area contributed by atoms with Crippen molar-refractivity contribution in [2.45, 2.75) is 62.9 Å². The van der Waals surface area contributed by atoms with Crippen molar-refractivity contribution in [1.29, 1.82) is 0 Å². The topological polar surface area (TPSA) is 43.8 Å². The van der Waals surface area contributed by atoms with Gasteiger partial charge in [0.15, 0.2) is 0 Å². The maximum atomic E-state index is 6.12. The van der Waals surface area contributed by atoms with Crippen LogP contribution in [0, 0.1) is 0 Å². The van der Waals surface area contributed by atoms with E-state index in [2.05, 4.69) is 16.9 Å². The van der Waals surface area contributed by atoms with Crippen LogP contribution in [0.1, 0.15) is 56.7 Å². The second-order valence-electron chi connectivity index (χ2n) is 5.62. The Bertz CT molecular complexity index is 359. The van der Waals surface area contributed by atoms with Crippen molar-refractivity contribution in [1.82, 2.24) is 9.78 Å². The van der Waals surface area contributed by atoms with E-state index in [9.17, 15) is 0 Å². The van der Waals surface area contributed by atoms with E-state index in [0.717, 1.165) is 6.42 Å². The number of nitrogens with two attached hydrogens (primary N) is 1. The molecule has 3 heteroatoms. The Morgan fingerprint density at radius 2 is 2.06 bits per heavy atom. The van der Waals surface area contributed by atoms with Gasteiger partial charge in [-0.15, -0.1) is 0 Å². The van der Waals surface area contributed by atoms with E-state index in [4.69, 9.17) is 10.8 Å². The highest BCUT2D eigenvalue weighted by molar-refractivity contribution is 5.11.